The van der Waals surface area contributed by atoms with Gasteiger partial charge in [0, 0.05) is 19.1 Å². The molecule has 1 atom stereocenters. The number of nitrogens with one attached hydrogen (secondary N) is 1. The highest BCUT2D eigenvalue weighted by molar-refractivity contribution is 4.98. The minimum absolute atomic E-state index is 0.437. The van der Waals surface area contributed by atoms with E-state index in [-0.39, 0.29) is 0 Å². The number of aryl methyl sites for hydroxylation is 1. The molecule has 0 bridgehead atoms. The Hall–Kier alpha value is -0.800. The molecule has 1 unspecified atom stereocenters. The number of furan rings is 1. The maximum atomic E-state index is 5.62. The molecule has 1 aromatic heterocycles. The van der Waals surface area contributed by atoms with Gasteiger partial charge in [0.2, 0.25) is 0 Å². The normalized spacial score (nSPS) is 12.8. The van der Waals surface area contributed by atoms with Gasteiger partial charge in [-0.2, -0.15) is 0 Å². The number of rotatable bonds is 10. The zero-order valence-electron chi connectivity index (χ0n) is 11.1. The molecule has 1 N–H and O–H groups in total. The van der Waals surface area contributed by atoms with E-state index < -0.39 is 0 Å². The molecule has 0 aliphatic rings. The zero-order valence-corrected chi connectivity index (χ0v) is 11.1. The lowest BCUT2D eigenvalue weighted by atomic mass is 10.1. The Balaban J connectivity index is 2.23. The van der Waals surface area contributed by atoms with Gasteiger partial charge in [0.05, 0.1) is 12.9 Å². The molecule has 0 radical (unpaired) electrons. The van der Waals surface area contributed by atoms with E-state index in [2.05, 4.69) is 19.2 Å². The van der Waals surface area contributed by atoms with Crippen molar-refractivity contribution in [3.63, 3.8) is 0 Å². The Bertz CT molecular complexity index is 259. The minimum Gasteiger partial charge on any atom is -0.469 e. The van der Waals surface area contributed by atoms with Crippen molar-refractivity contribution < 1.29 is 9.15 Å². The van der Waals surface area contributed by atoms with E-state index in [9.17, 15) is 0 Å². The lowest BCUT2D eigenvalue weighted by Gasteiger charge is -2.18. The average molecular weight is 239 g/mol. The molecule has 98 valence electrons. The fourth-order valence-corrected chi connectivity index (χ4v) is 1.73. The third-order valence-electron chi connectivity index (χ3n) is 2.67. The SMILES string of the molecule is CCCNC(CCc1ccco1)COCCC. The molecule has 0 amide bonds. The van der Waals surface area contributed by atoms with Crippen LogP contribution >= 0.6 is 0 Å². The van der Waals surface area contributed by atoms with Crippen LogP contribution in [0.15, 0.2) is 22.8 Å². The maximum Gasteiger partial charge on any atom is 0.103 e. The molecule has 1 aromatic rings. The van der Waals surface area contributed by atoms with Crippen LogP contribution in [0.4, 0.5) is 0 Å². The Morgan fingerprint density at radius 1 is 1.35 bits per heavy atom. The Morgan fingerprint density at radius 2 is 2.24 bits per heavy atom. The number of hydrogen-bond acceptors (Lipinski definition) is 3. The van der Waals surface area contributed by atoms with Gasteiger partial charge >= 0.3 is 0 Å². The second-order valence-electron chi connectivity index (χ2n) is 4.34. The van der Waals surface area contributed by atoms with E-state index in [1.807, 2.05) is 12.1 Å². The van der Waals surface area contributed by atoms with Crippen LogP contribution < -0.4 is 5.32 Å². The summed E-state index contributed by atoms with van der Waals surface area (Å²) in [6.07, 6.45) is 6.02. The van der Waals surface area contributed by atoms with Gasteiger partial charge in [0.15, 0.2) is 0 Å². The van der Waals surface area contributed by atoms with E-state index in [1.54, 1.807) is 6.26 Å². The summed E-state index contributed by atoms with van der Waals surface area (Å²) in [6, 6.07) is 4.41. The molecule has 0 saturated heterocycles. The van der Waals surface area contributed by atoms with Crippen molar-refractivity contribution in [2.24, 2.45) is 0 Å². The van der Waals surface area contributed by atoms with Crippen molar-refractivity contribution in [1.82, 2.24) is 5.32 Å². The van der Waals surface area contributed by atoms with Crippen LogP contribution in [0.25, 0.3) is 0 Å². The molecule has 0 fully saturated rings. The molecular weight excluding hydrogens is 214 g/mol. The highest BCUT2D eigenvalue weighted by Gasteiger charge is 2.09. The highest BCUT2D eigenvalue weighted by atomic mass is 16.5. The Kier molecular flexibility index (Phi) is 7.76. The van der Waals surface area contributed by atoms with E-state index >= 15 is 0 Å². The van der Waals surface area contributed by atoms with Gasteiger partial charge in [-0.25, -0.2) is 0 Å². The lowest BCUT2D eigenvalue weighted by Crippen LogP contribution is -2.34. The largest absolute Gasteiger partial charge is 0.469 e. The quantitative estimate of drug-likeness (QED) is 0.637. The molecule has 0 aliphatic heterocycles. The summed E-state index contributed by atoms with van der Waals surface area (Å²) in [7, 11) is 0. The van der Waals surface area contributed by atoms with E-state index in [1.165, 1.54) is 0 Å². The number of ether oxygens (including phenoxy) is 1. The standard InChI is InChI=1S/C14H25NO2/c1-3-9-15-13(12-16-10-4-2)7-8-14-6-5-11-17-14/h5-6,11,13,15H,3-4,7-10,12H2,1-2H3. The smallest absolute Gasteiger partial charge is 0.103 e. The second-order valence-corrected chi connectivity index (χ2v) is 4.34. The van der Waals surface area contributed by atoms with Crippen molar-refractivity contribution >= 4 is 0 Å². The van der Waals surface area contributed by atoms with E-state index in [4.69, 9.17) is 9.15 Å². The molecular formula is C14H25NO2. The van der Waals surface area contributed by atoms with Gasteiger partial charge in [-0.05, 0) is 37.9 Å². The van der Waals surface area contributed by atoms with Gasteiger partial charge in [-0.3, -0.25) is 0 Å². The molecule has 17 heavy (non-hydrogen) atoms. The van der Waals surface area contributed by atoms with Crippen LogP contribution in [-0.4, -0.2) is 25.8 Å². The van der Waals surface area contributed by atoms with Gasteiger partial charge < -0.3 is 14.5 Å². The molecule has 1 heterocycles. The molecule has 0 spiro atoms. The Morgan fingerprint density at radius 3 is 2.88 bits per heavy atom. The highest BCUT2D eigenvalue weighted by Crippen LogP contribution is 2.06. The summed E-state index contributed by atoms with van der Waals surface area (Å²) in [5, 5.41) is 3.52. The summed E-state index contributed by atoms with van der Waals surface area (Å²) in [5.74, 6) is 1.06. The third kappa shape index (κ3) is 6.49. The third-order valence-corrected chi connectivity index (χ3v) is 2.67. The minimum atomic E-state index is 0.437. The average Bonchev–Trinajstić information content (AvgIpc) is 2.85. The second kappa shape index (κ2) is 9.25. The van der Waals surface area contributed by atoms with Gasteiger partial charge in [-0.1, -0.05) is 13.8 Å². The predicted molar refractivity (Wildman–Crippen MR) is 70.2 cm³/mol. The summed E-state index contributed by atoms with van der Waals surface area (Å²) < 4.78 is 11.0. The van der Waals surface area contributed by atoms with Crippen LogP contribution in [0, 0.1) is 0 Å². The van der Waals surface area contributed by atoms with Crippen molar-refractivity contribution in [2.45, 2.75) is 45.6 Å². The van der Waals surface area contributed by atoms with Crippen molar-refractivity contribution in [2.75, 3.05) is 19.8 Å². The monoisotopic (exact) mass is 239 g/mol. The topological polar surface area (TPSA) is 34.4 Å². The van der Waals surface area contributed by atoms with Crippen LogP contribution in [0.1, 0.15) is 38.9 Å². The van der Waals surface area contributed by atoms with Crippen molar-refractivity contribution in [3.05, 3.63) is 24.2 Å². The number of hydrogen-bond donors (Lipinski definition) is 1. The van der Waals surface area contributed by atoms with Crippen LogP contribution in [0.5, 0.6) is 0 Å². The molecule has 0 saturated carbocycles. The van der Waals surface area contributed by atoms with Gasteiger partial charge in [-0.15, -0.1) is 0 Å². The molecule has 0 aliphatic carbocycles. The summed E-state index contributed by atoms with van der Waals surface area (Å²) in [5.41, 5.74) is 0. The summed E-state index contributed by atoms with van der Waals surface area (Å²) >= 11 is 0. The molecule has 0 aromatic carbocycles. The summed E-state index contributed by atoms with van der Waals surface area (Å²) in [6.45, 7) is 7.03. The summed E-state index contributed by atoms with van der Waals surface area (Å²) in [4.78, 5) is 0. The van der Waals surface area contributed by atoms with Gasteiger partial charge in [0.1, 0.15) is 5.76 Å². The first-order valence-corrected chi connectivity index (χ1v) is 6.70. The zero-order chi connectivity index (χ0) is 12.3. The van der Waals surface area contributed by atoms with E-state index in [0.717, 1.165) is 51.2 Å². The fraction of sp³-hybridized carbons (Fsp3) is 0.714. The predicted octanol–water partition coefficient (Wildman–Crippen LogP) is 3.01. The molecule has 1 rings (SSSR count). The van der Waals surface area contributed by atoms with E-state index in [0.29, 0.717) is 6.04 Å². The van der Waals surface area contributed by atoms with Crippen LogP contribution in [0.3, 0.4) is 0 Å². The maximum absolute atomic E-state index is 5.62. The first-order valence-electron chi connectivity index (χ1n) is 6.70. The molecule has 3 heteroatoms. The first kappa shape index (κ1) is 14.3. The Labute approximate surface area is 105 Å². The lowest BCUT2D eigenvalue weighted by molar-refractivity contribution is 0.109. The van der Waals surface area contributed by atoms with Gasteiger partial charge in [0.25, 0.3) is 0 Å². The first-order chi connectivity index (χ1) is 8.36. The van der Waals surface area contributed by atoms with Crippen molar-refractivity contribution in [1.29, 1.82) is 0 Å². The molecule has 3 nitrogen and oxygen atoms in total. The fourth-order valence-electron chi connectivity index (χ4n) is 1.73. The van der Waals surface area contributed by atoms with Crippen LogP contribution in [-0.2, 0) is 11.2 Å². The van der Waals surface area contributed by atoms with Crippen molar-refractivity contribution in [3.8, 4) is 0 Å². The van der Waals surface area contributed by atoms with Crippen LogP contribution in [0.2, 0.25) is 0 Å².